The van der Waals surface area contributed by atoms with E-state index in [0.717, 1.165) is 0 Å². The molecule has 0 amide bonds. The summed E-state index contributed by atoms with van der Waals surface area (Å²) in [7, 11) is 0. The molecular formula is C10H22O6. The van der Waals surface area contributed by atoms with Gasteiger partial charge in [0.05, 0.1) is 18.3 Å². The van der Waals surface area contributed by atoms with E-state index in [1.54, 1.807) is 0 Å². The average Bonchev–Trinajstić information content (AvgIpc) is 2.24. The second-order valence-corrected chi connectivity index (χ2v) is 3.97. The molecular weight excluding hydrogens is 216 g/mol. The fourth-order valence-corrected chi connectivity index (χ4v) is 1.65. The monoisotopic (exact) mass is 238 g/mol. The third kappa shape index (κ3) is 3.65. The first-order valence-electron chi connectivity index (χ1n) is 5.39. The lowest BCUT2D eigenvalue weighted by molar-refractivity contribution is -0.200. The van der Waals surface area contributed by atoms with Gasteiger partial charge in [0.25, 0.3) is 0 Å². The van der Waals surface area contributed by atoms with Crippen LogP contribution in [0.25, 0.3) is 0 Å². The molecule has 0 heterocycles. The predicted molar refractivity (Wildman–Crippen MR) is 56.7 cm³/mol. The first-order chi connectivity index (χ1) is 7.41. The molecule has 0 bridgehead atoms. The smallest absolute Gasteiger partial charge is 0.142 e. The Morgan fingerprint density at radius 1 is 0.938 bits per heavy atom. The van der Waals surface area contributed by atoms with E-state index in [4.69, 9.17) is 10.2 Å². The highest BCUT2D eigenvalue weighted by Gasteiger charge is 2.46. The molecule has 0 aliphatic rings. The third-order valence-corrected chi connectivity index (χ3v) is 2.78. The van der Waals surface area contributed by atoms with E-state index < -0.39 is 23.9 Å². The molecule has 0 aromatic rings. The molecule has 0 aliphatic carbocycles. The lowest BCUT2D eigenvalue weighted by Crippen LogP contribution is -2.59. The Hall–Kier alpha value is -0.240. The predicted octanol–water partition coefficient (Wildman–Crippen LogP) is -2.02. The van der Waals surface area contributed by atoms with Gasteiger partial charge >= 0.3 is 0 Å². The van der Waals surface area contributed by atoms with Crippen molar-refractivity contribution in [2.24, 2.45) is 0 Å². The molecule has 0 rings (SSSR count). The minimum absolute atomic E-state index is 0.0559. The van der Waals surface area contributed by atoms with Crippen molar-refractivity contribution in [1.82, 2.24) is 0 Å². The van der Waals surface area contributed by atoms with Gasteiger partial charge < -0.3 is 30.6 Å². The number of hydrogen-bond donors (Lipinski definition) is 6. The molecule has 0 aromatic heterocycles. The zero-order chi connectivity index (χ0) is 12.8. The van der Waals surface area contributed by atoms with E-state index in [-0.39, 0.29) is 32.5 Å². The quantitative estimate of drug-likeness (QED) is 0.290. The van der Waals surface area contributed by atoms with Gasteiger partial charge in [-0.25, -0.2) is 0 Å². The first kappa shape index (κ1) is 15.8. The van der Waals surface area contributed by atoms with Gasteiger partial charge in [0.1, 0.15) is 5.60 Å². The van der Waals surface area contributed by atoms with Crippen LogP contribution in [0.1, 0.15) is 26.2 Å². The van der Waals surface area contributed by atoms with Crippen LogP contribution in [-0.4, -0.2) is 67.8 Å². The minimum atomic E-state index is -2.09. The van der Waals surface area contributed by atoms with Crippen molar-refractivity contribution in [3.63, 3.8) is 0 Å². The number of aliphatic hydroxyl groups is 6. The Labute approximate surface area is 94.8 Å². The Bertz CT molecular complexity index is 186. The fourth-order valence-electron chi connectivity index (χ4n) is 1.65. The van der Waals surface area contributed by atoms with Crippen LogP contribution in [0.5, 0.6) is 0 Å². The van der Waals surface area contributed by atoms with E-state index in [0.29, 0.717) is 0 Å². The lowest BCUT2D eigenvalue weighted by Gasteiger charge is -2.39. The molecule has 16 heavy (non-hydrogen) atoms. The Morgan fingerprint density at radius 2 is 1.44 bits per heavy atom. The second-order valence-electron chi connectivity index (χ2n) is 3.97. The maximum absolute atomic E-state index is 10.0. The summed E-state index contributed by atoms with van der Waals surface area (Å²) in [5.74, 6) is 0. The average molecular weight is 238 g/mol. The van der Waals surface area contributed by atoms with Crippen LogP contribution in [0, 0.1) is 0 Å². The molecule has 4 atom stereocenters. The van der Waals surface area contributed by atoms with Gasteiger partial charge in [-0.1, -0.05) is 0 Å². The Balaban J connectivity index is 4.66. The van der Waals surface area contributed by atoms with Crippen molar-refractivity contribution in [3.05, 3.63) is 0 Å². The SMILES string of the molecule is CC(O)C(O)(C(O)CCO)C(O)CCCO. The van der Waals surface area contributed by atoms with Gasteiger partial charge in [0.2, 0.25) is 0 Å². The van der Waals surface area contributed by atoms with Crippen LogP contribution >= 0.6 is 0 Å². The highest BCUT2D eigenvalue weighted by molar-refractivity contribution is 4.97. The summed E-state index contributed by atoms with van der Waals surface area (Å²) in [6.45, 7) is 0.745. The van der Waals surface area contributed by atoms with Crippen LogP contribution in [-0.2, 0) is 0 Å². The zero-order valence-electron chi connectivity index (χ0n) is 9.45. The molecule has 0 saturated heterocycles. The maximum Gasteiger partial charge on any atom is 0.142 e. The van der Waals surface area contributed by atoms with Crippen molar-refractivity contribution in [3.8, 4) is 0 Å². The van der Waals surface area contributed by atoms with E-state index in [9.17, 15) is 20.4 Å². The Morgan fingerprint density at radius 3 is 1.81 bits per heavy atom. The largest absolute Gasteiger partial charge is 0.396 e. The topological polar surface area (TPSA) is 121 Å². The van der Waals surface area contributed by atoms with Crippen LogP contribution in [0.2, 0.25) is 0 Å². The third-order valence-electron chi connectivity index (χ3n) is 2.78. The Kier molecular flexibility index (Phi) is 7.05. The fraction of sp³-hybridized carbons (Fsp3) is 1.00. The van der Waals surface area contributed by atoms with E-state index in [1.807, 2.05) is 0 Å². The molecule has 4 unspecified atom stereocenters. The van der Waals surface area contributed by atoms with Crippen molar-refractivity contribution in [1.29, 1.82) is 0 Å². The molecule has 0 fully saturated rings. The van der Waals surface area contributed by atoms with E-state index in [1.165, 1.54) is 6.92 Å². The molecule has 6 heteroatoms. The molecule has 0 aromatic carbocycles. The molecule has 6 N–H and O–H groups in total. The standard InChI is InChI=1S/C10H22O6/c1-7(13)10(16,9(15)4-6-12)8(14)3-2-5-11/h7-9,11-16H,2-6H2,1H3. The summed E-state index contributed by atoms with van der Waals surface area (Å²) in [6, 6.07) is 0. The highest BCUT2D eigenvalue weighted by atomic mass is 16.4. The highest BCUT2D eigenvalue weighted by Crippen LogP contribution is 2.25. The van der Waals surface area contributed by atoms with Gasteiger partial charge in [0.15, 0.2) is 0 Å². The molecule has 0 saturated carbocycles. The normalized spacial score (nSPS) is 21.2. The lowest BCUT2D eigenvalue weighted by atomic mass is 9.82. The maximum atomic E-state index is 10.0. The van der Waals surface area contributed by atoms with Crippen molar-refractivity contribution in [2.75, 3.05) is 13.2 Å². The van der Waals surface area contributed by atoms with Crippen molar-refractivity contribution < 1.29 is 30.6 Å². The number of aliphatic hydroxyl groups excluding tert-OH is 5. The summed E-state index contributed by atoms with van der Waals surface area (Å²) in [6.07, 6.45) is -3.96. The molecule has 0 aliphatic heterocycles. The number of rotatable bonds is 8. The first-order valence-corrected chi connectivity index (χ1v) is 5.39. The summed E-state index contributed by atoms with van der Waals surface area (Å²) in [5, 5.41) is 56.1. The van der Waals surface area contributed by atoms with Crippen molar-refractivity contribution >= 4 is 0 Å². The van der Waals surface area contributed by atoms with E-state index >= 15 is 0 Å². The van der Waals surface area contributed by atoms with E-state index in [2.05, 4.69) is 0 Å². The summed E-state index contributed by atoms with van der Waals surface area (Å²) >= 11 is 0. The minimum Gasteiger partial charge on any atom is -0.396 e. The van der Waals surface area contributed by atoms with Gasteiger partial charge in [-0.05, 0) is 26.2 Å². The van der Waals surface area contributed by atoms with Crippen LogP contribution < -0.4 is 0 Å². The van der Waals surface area contributed by atoms with Crippen LogP contribution in [0.4, 0.5) is 0 Å². The summed E-state index contributed by atoms with van der Waals surface area (Å²) < 4.78 is 0. The molecule has 0 spiro atoms. The van der Waals surface area contributed by atoms with Gasteiger partial charge in [-0.3, -0.25) is 0 Å². The van der Waals surface area contributed by atoms with Crippen molar-refractivity contribution in [2.45, 2.75) is 50.1 Å². The molecule has 0 radical (unpaired) electrons. The molecule has 6 nitrogen and oxygen atoms in total. The van der Waals surface area contributed by atoms with Gasteiger partial charge in [-0.15, -0.1) is 0 Å². The summed E-state index contributed by atoms with van der Waals surface area (Å²) in [4.78, 5) is 0. The number of hydrogen-bond acceptors (Lipinski definition) is 6. The van der Waals surface area contributed by atoms with Crippen LogP contribution in [0.15, 0.2) is 0 Å². The van der Waals surface area contributed by atoms with Crippen LogP contribution in [0.3, 0.4) is 0 Å². The zero-order valence-corrected chi connectivity index (χ0v) is 9.45. The van der Waals surface area contributed by atoms with Gasteiger partial charge in [-0.2, -0.15) is 0 Å². The van der Waals surface area contributed by atoms with Gasteiger partial charge in [0, 0.05) is 13.2 Å². The summed E-state index contributed by atoms with van der Waals surface area (Å²) in [5.41, 5.74) is -2.09. The molecule has 98 valence electrons. The second kappa shape index (κ2) is 7.16.